The molecule has 0 bridgehead atoms. The molecular formula is C119H71N5O5. The van der Waals surface area contributed by atoms with E-state index in [9.17, 15) is 5.26 Å². The lowest BCUT2D eigenvalue weighted by molar-refractivity contribution is 0.415. The zero-order chi connectivity index (χ0) is 85.3. The van der Waals surface area contributed by atoms with Gasteiger partial charge in [0.1, 0.15) is 50.4 Å². The number of hydrogen-bond donors (Lipinski definition) is 0. The van der Waals surface area contributed by atoms with Gasteiger partial charge in [0, 0.05) is 93.1 Å². The molecule has 0 aliphatic carbocycles. The Labute approximate surface area is 737 Å². The van der Waals surface area contributed by atoms with E-state index < -0.39 is 0 Å². The fraction of sp³-hybridized carbons (Fsp3) is 0.00840. The van der Waals surface area contributed by atoms with Gasteiger partial charge < -0.3 is 27.0 Å². The summed E-state index contributed by atoms with van der Waals surface area (Å²) in [5.74, 6) is 2.68. The Balaban J connectivity index is 0.000000107. The quantitative estimate of drug-likeness (QED) is 0.130. The van der Waals surface area contributed by atoms with Crippen LogP contribution in [-0.4, -0.2) is 26.6 Å². The molecule has 0 saturated carbocycles. The molecule has 27 rings (SSSR count). The molecule has 0 amide bonds. The molecule has 6 aromatic heterocycles. The highest BCUT2D eigenvalue weighted by atomic mass is 16.5. The molecule has 10 nitrogen and oxygen atoms in total. The number of aromatic nitrogens is 4. The zero-order valence-corrected chi connectivity index (χ0v) is 69.5. The van der Waals surface area contributed by atoms with Gasteiger partial charge in [0.05, 0.1) is 35.5 Å². The molecule has 0 unspecified atom stereocenters. The first-order valence-corrected chi connectivity index (χ1v) is 43.3. The number of hydrogen-bond acceptors (Lipinski definition) is 9. The molecule has 0 radical (unpaired) electrons. The Morgan fingerprint density at radius 1 is 0.256 bits per heavy atom. The van der Waals surface area contributed by atoms with Crippen molar-refractivity contribution in [3.8, 4) is 96.2 Å². The van der Waals surface area contributed by atoms with Crippen molar-refractivity contribution in [1.29, 1.82) is 5.26 Å². The van der Waals surface area contributed by atoms with Crippen LogP contribution in [0.2, 0.25) is 0 Å². The van der Waals surface area contributed by atoms with Crippen LogP contribution in [-0.2, 0) is 0 Å². The molecule has 0 atom stereocenters. The third-order valence-corrected chi connectivity index (χ3v) is 25.7. The highest BCUT2D eigenvalue weighted by Gasteiger charge is 2.29. The summed E-state index contributed by atoms with van der Waals surface area (Å²) < 4.78 is 34.3. The summed E-state index contributed by atoms with van der Waals surface area (Å²) >= 11 is 0. The molecule has 0 fully saturated rings. The van der Waals surface area contributed by atoms with E-state index in [0.717, 1.165) is 208 Å². The predicted molar refractivity (Wildman–Crippen MR) is 531 cm³/mol. The van der Waals surface area contributed by atoms with E-state index in [0.29, 0.717) is 23.0 Å². The number of ether oxygens (including phenoxy) is 1. The molecule has 27 aromatic rings. The first-order chi connectivity index (χ1) is 63.9. The molecule has 129 heavy (non-hydrogen) atoms. The van der Waals surface area contributed by atoms with Crippen LogP contribution >= 0.6 is 0 Å². The Bertz CT molecular complexity index is 9250. The minimum atomic E-state index is 0.595. The van der Waals surface area contributed by atoms with Crippen LogP contribution in [0.1, 0.15) is 5.56 Å². The first-order valence-electron chi connectivity index (χ1n) is 43.3. The van der Waals surface area contributed by atoms with E-state index in [4.69, 9.17) is 37.4 Å². The van der Waals surface area contributed by atoms with E-state index in [1.165, 1.54) is 38.2 Å². The Kier molecular flexibility index (Phi) is 17.3. The second-order valence-electron chi connectivity index (χ2n) is 32.9. The average Bonchev–Trinajstić information content (AvgIpc) is 1.65. The van der Waals surface area contributed by atoms with E-state index in [1.807, 2.05) is 109 Å². The number of methoxy groups -OCH3 is 1. The second kappa shape index (κ2) is 30.2. The summed E-state index contributed by atoms with van der Waals surface area (Å²) in [6, 6.07) is 143. The lowest BCUT2D eigenvalue weighted by Crippen LogP contribution is -2.05. The van der Waals surface area contributed by atoms with Crippen LogP contribution in [0.4, 0.5) is 0 Å². The maximum atomic E-state index is 9.52. The molecule has 0 saturated heterocycles. The van der Waals surface area contributed by atoms with Crippen molar-refractivity contribution in [1.82, 2.24) is 19.5 Å². The average molecular weight is 1650 g/mol. The molecule has 602 valence electrons. The third kappa shape index (κ3) is 12.2. The van der Waals surface area contributed by atoms with E-state index in [2.05, 4.69) is 314 Å². The summed E-state index contributed by atoms with van der Waals surface area (Å²) in [6.45, 7) is 0. The Morgan fingerprint density at radius 2 is 0.698 bits per heavy atom. The lowest BCUT2D eigenvalue weighted by atomic mass is 9.84. The molecule has 21 aromatic carbocycles. The van der Waals surface area contributed by atoms with Gasteiger partial charge in [-0.2, -0.15) is 5.26 Å². The molecule has 0 spiro atoms. The standard InChI is InChI=1S/C47H28N4O.C39H21NO2.C33H22O2/c1-3-14-30(15-4-1)45-48-46(31-16-5-2-6-17-31)50-47(49-45)42-37-24-23-36-38-27-32-18-7-8-19-33(32)28-40(38)52-44(36)41(37)34-20-10-11-21-35(34)43(42)51-26-25-29-13-9-12-22-39(29)51;40-22-23-16-18-24(19-17-23)35-27-10-1-2-11-28(27)37-31(21-20-30-26-9-4-6-15-34(26)42-39(30)37)36(35)32-13-7-12-29-25-8-3-5-14-33(25)41-38(29)32;1-34-25-14-11-22(12-15-25)30-20-24-19-23(21-7-3-2-4-8-21)13-16-26(24)32-28(30)17-18-29-27-9-5-6-10-31(27)35-33(29)32/h1-28H;1-21H;2-20H,1H3. The number of nitrogens with zero attached hydrogens (tertiary/aromatic N) is 5. The summed E-state index contributed by atoms with van der Waals surface area (Å²) in [7, 11) is 1.70. The van der Waals surface area contributed by atoms with Crippen LogP contribution in [0.15, 0.2) is 430 Å². The number of fused-ring (bicyclic) bond motifs is 26. The van der Waals surface area contributed by atoms with Crippen molar-refractivity contribution >= 4 is 174 Å². The summed E-state index contributed by atoms with van der Waals surface area (Å²) in [5.41, 5.74) is 21.6. The van der Waals surface area contributed by atoms with Crippen molar-refractivity contribution in [2.75, 3.05) is 7.11 Å². The fourth-order valence-corrected chi connectivity index (χ4v) is 19.8. The highest BCUT2D eigenvalue weighted by molar-refractivity contribution is 6.33. The van der Waals surface area contributed by atoms with Crippen molar-refractivity contribution < 1.29 is 22.4 Å². The number of nitriles is 1. The summed E-state index contributed by atoms with van der Waals surface area (Å²) in [4.78, 5) is 15.6. The van der Waals surface area contributed by atoms with Crippen LogP contribution in [0.25, 0.3) is 258 Å². The van der Waals surface area contributed by atoms with Crippen molar-refractivity contribution in [3.05, 3.63) is 418 Å². The molecule has 10 heteroatoms. The SMILES string of the molecule is COc1ccc(-c2cc3cc(-c4ccccc4)ccc3c3c2ccc2c4ccccc4oc23)cc1.N#Cc1ccc(-c2c(-c3cccc4c3oc3ccccc34)c3ccc4c5ccccc5oc4c3c3ccccc23)cc1.c1ccc(-c2nc(-c3ccccc3)nc(-c3c(-n4ccc5ccccc54)c4ccccc4c4c3ccc3c5cc6ccccc6cc5oc34)n2)cc1. The molecule has 0 aliphatic rings. The molecule has 6 heterocycles. The maximum absolute atomic E-state index is 9.52. The maximum Gasteiger partial charge on any atom is 0.166 e. The largest absolute Gasteiger partial charge is 0.497 e. The molecule has 0 N–H and O–H groups in total. The Morgan fingerprint density at radius 3 is 1.31 bits per heavy atom. The van der Waals surface area contributed by atoms with Gasteiger partial charge in [-0.15, -0.1) is 0 Å². The molecular weight excluding hydrogens is 1580 g/mol. The van der Waals surface area contributed by atoms with Crippen LogP contribution in [0, 0.1) is 11.3 Å². The van der Waals surface area contributed by atoms with Crippen LogP contribution < -0.4 is 4.74 Å². The monoisotopic (exact) mass is 1650 g/mol. The Hall–Kier alpha value is -17.5. The third-order valence-electron chi connectivity index (χ3n) is 25.7. The zero-order valence-electron chi connectivity index (χ0n) is 69.5. The van der Waals surface area contributed by atoms with E-state index in [-0.39, 0.29) is 0 Å². The van der Waals surface area contributed by atoms with Crippen LogP contribution in [0.3, 0.4) is 0 Å². The first kappa shape index (κ1) is 74.1. The summed E-state index contributed by atoms with van der Waals surface area (Å²) in [5, 5.41) is 35.2. The number of para-hydroxylation sites is 5. The van der Waals surface area contributed by atoms with E-state index >= 15 is 0 Å². The van der Waals surface area contributed by atoms with E-state index in [1.54, 1.807) is 7.11 Å². The van der Waals surface area contributed by atoms with Gasteiger partial charge in [0.15, 0.2) is 17.5 Å². The predicted octanol–water partition coefficient (Wildman–Crippen LogP) is 32.4. The van der Waals surface area contributed by atoms with Crippen molar-refractivity contribution in [2.24, 2.45) is 0 Å². The lowest BCUT2D eigenvalue weighted by Gasteiger charge is -2.19. The fourth-order valence-electron chi connectivity index (χ4n) is 19.8. The van der Waals surface area contributed by atoms with Gasteiger partial charge in [-0.1, -0.05) is 309 Å². The van der Waals surface area contributed by atoms with Gasteiger partial charge in [-0.05, 0) is 190 Å². The number of furan rings is 4. The van der Waals surface area contributed by atoms with Gasteiger partial charge in [0.25, 0.3) is 0 Å². The minimum Gasteiger partial charge on any atom is -0.497 e. The van der Waals surface area contributed by atoms with Gasteiger partial charge in [-0.3, -0.25) is 0 Å². The smallest absolute Gasteiger partial charge is 0.166 e. The minimum absolute atomic E-state index is 0.595. The summed E-state index contributed by atoms with van der Waals surface area (Å²) in [6.07, 6.45) is 2.16. The van der Waals surface area contributed by atoms with Crippen LogP contribution in [0.5, 0.6) is 5.75 Å². The van der Waals surface area contributed by atoms with Crippen molar-refractivity contribution in [2.45, 2.75) is 0 Å². The highest BCUT2D eigenvalue weighted by Crippen LogP contribution is 2.53. The molecule has 0 aliphatic heterocycles. The van der Waals surface area contributed by atoms with Gasteiger partial charge >= 0.3 is 0 Å². The normalized spacial score (nSPS) is 11.8. The van der Waals surface area contributed by atoms with Gasteiger partial charge in [0.2, 0.25) is 0 Å². The number of benzene rings is 21. The van der Waals surface area contributed by atoms with Gasteiger partial charge in [-0.25, -0.2) is 15.0 Å². The topological polar surface area (TPSA) is 129 Å². The van der Waals surface area contributed by atoms with Crippen molar-refractivity contribution in [3.63, 3.8) is 0 Å². The second-order valence-corrected chi connectivity index (χ2v) is 32.9. The number of rotatable bonds is 9.